The van der Waals surface area contributed by atoms with Crippen molar-refractivity contribution < 1.29 is 0 Å². The highest BCUT2D eigenvalue weighted by molar-refractivity contribution is 5.24. The van der Waals surface area contributed by atoms with E-state index in [9.17, 15) is 0 Å². The Morgan fingerprint density at radius 2 is 1.96 bits per heavy atom. The first-order valence-corrected chi connectivity index (χ1v) is 10.4. The van der Waals surface area contributed by atoms with Crippen LogP contribution in [0.5, 0.6) is 0 Å². The summed E-state index contributed by atoms with van der Waals surface area (Å²) < 4.78 is 0. The van der Waals surface area contributed by atoms with E-state index in [1.807, 2.05) is 5.57 Å². The van der Waals surface area contributed by atoms with Gasteiger partial charge in [0.05, 0.1) is 0 Å². The summed E-state index contributed by atoms with van der Waals surface area (Å²) in [6.45, 7) is 6.53. The van der Waals surface area contributed by atoms with Gasteiger partial charge in [-0.15, -0.1) is 0 Å². The lowest BCUT2D eigenvalue weighted by Gasteiger charge is -2.57. The Labute approximate surface area is 143 Å². The summed E-state index contributed by atoms with van der Waals surface area (Å²) in [5, 5.41) is 3.40. The summed E-state index contributed by atoms with van der Waals surface area (Å²) in [6.07, 6.45) is 17.4. The molecule has 4 aliphatic carbocycles. The normalized spacial score (nSPS) is 49.1. The zero-order valence-electron chi connectivity index (χ0n) is 15.7. The molecule has 1 heteroatoms. The highest BCUT2D eigenvalue weighted by Gasteiger charge is 2.57. The van der Waals surface area contributed by atoms with Gasteiger partial charge in [0.2, 0.25) is 0 Å². The summed E-state index contributed by atoms with van der Waals surface area (Å²) in [5.74, 6) is 3.99. The lowest BCUT2D eigenvalue weighted by molar-refractivity contribution is -0.0420. The number of hydrogen-bond acceptors (Lipinski definition) is 1. The van der Waals surface area contributed by atoms with Gasteiger partial charge < -0.3 is 5.32 Å². The molecule has 0 saturated heterocycles. The van der Waals surface area contributed by atoms with Crippen molar-refractivity contribution in [2.75, 3.05) is 13.6 Å². The molecule has 6 atom stereocenters. The summed E-state index contributed by atoms with van der Waals surface area (Å²) in [6, 6.07) is 0. The van der Waals surface area contributed by atoms with Crippen LogP contribution < -0.4 is 5.32 Å². The molecule has 130 valence electrons. The average molecular weight is 316 g/mol. The third kappa shape index (κ3) is 2.36. The van der Waals surface area contributed by atoms with E-state index < -0.39 is 0 Å². The minimum absolute atomic E-state index is 0.575. The largest absolute Gasteiger partial charge is 0.320 e. The maximum absolute atomic E-state index is 3.40. The molecule has 0 aromatic rings. The molecule has 4 aliphatic rings. The van der Waals surface area contributed by atoms with Crippen LogP contribution in [0.25, 0.3) is 0 Å². The maximum atomic E-state index is 3.40. The van der Waals surface area contributed by atoms with Gasteiger partial charge in [-0.3, -0.25) is 0 Å². The molecule has 1 N–H and O–H groups in total. The van der Waals surface area contributed by atoms with Crippen LogP contribution >= 0.6 is 0 Å². The summed E-state index contributed by atoms with van der Waals surface area (Å²) in [5.41, 5.74) is 3.08. The van der Waals surface area contributed by atoms with E-state index in [4.69, 9.17) is 0 Å². The fourth-order valence-corrected chi connectivity index (χ4v) is 7.60. The topological polar surface area (TPSA) is 12.0 Å². The van der Waals surface area contributed by atoms with Crippen LogP contribution in [-0.2, 0) is 0 Å². The molecular formula is C22H37N. The number of nitrogens with one attached hydrogen (secondary N) is 1. The number of allylic oxidation sites excluding steroid dienone is 2. The number of rotatable bonds is 3. The highest BCUT2D eigenvalue weighted by Crippen LogP contribution is 2.66. The van der Waals surface area contributed by atoms with E-state index in [2.05, 4.69) is 32.3 Å². The van der Waals surface area contributed by atoms with Gasteiger partial charge in [0.25, 0.3) is 0 Å². The SMILES string of the molecule is CNCC[C@H]1CC[C@H]2[C@@H]3CC=C4CCCC[C@]4(C)[C@H]3CC[C@]12C. The third-order valence-electron chi connectivity index (χ3n) is 8.96. The van der Waals surface area contributed by atoms with Crippen molar-refractivity contribution in [2.45, 2.75) is 78.1 Å². The van der Waals surface area contributed by atoms with E-state index >= 15 is 0 Å². The predicted octanol–water partition coefficient (Wildman–Crippen LogP) is 5.57. The summed E-state index contributed by atoms with van der Waals surface area (Å²) >= 11 is 0. The van der Waals surface area contributed by atoms with E-state index in [0.29, 0.717) is 10.8 Å². The first-order chi connectivity index (χ1) is 11.1. The van der Waals surface area contributed by atoms with Gasteiger partial charge in [0.1, 0.15) is 0 Å². The molecule has 0 bridgehead atoms. The van der Waals surface area contributed by atoms with Crippen molar-refractivity contribution in [3.63, 3.8) is 0 Å². The van der Waals surface area contributed by atoms with E-state index in [0.717, 1.165) is 23.7 Å². The molecule has 3 fully saturated rings. The van der Waals surface area contributed by atoms with Crippen LogP contribution in [0.2, 0.25) is 0 Å². The van der Waals surface area contributed by atoms with Crippen molar-refractivity contribution >= 4 is 0 Å². The Hall–Kier alpha value is -0.300. The van der Waals surface area contributed by atoms with Gasteiger partial charge in [-0.1, -0.05) is 31.9 Å². The second-order valence-corrected chi connectivity index (χ2v) is 9.68. The third-order valence-corrected chi connectivity index (χ3v) is 8.96. The van der Waals surface area contributed by atoms with Crippen LogP contribution in [0, 0.1) is 34.5 Å². The summed E-state index contributed by atoms with van der Waals surface area (Å²) in [7, 11) is 2.11. The quantitative estimate of drug-likeness (QED) is 0.672. The van der Waals surface area contributed by atoms with Gasteiger partial charge in [-0.05, 0) is 106 Å². The molecule has 0 unspecified atom stereocenters. The minimum atomic E-state index is 0.575. The molecule has 23 heavy (non-hydrogen) atoms. The first kappa shape index (κ1) is 16.2. The molecule has 0 spiro atoms. The fourth-order valence-electron chi connectivity index (χ4n) is 7.60. The van der Waals surface area contributed by atoms with Crippen LogP contribution in [-0.4, -0.2) is 13.6 Å². The number of fused-ring (bicyclic) bond motifs is 5. The van der Waals surface area contributed by atoms with Gasteiger partial charge in [-0.25, -0.2) is 0 Å². The standard InChI is InChI=1S/C22H37N/c1-21-13-5-4-6-16(21)7-9-18-19-10-8-17(12-15-23-3)22(19,2)14-11-20(18)21/h7,17-20,23H,4-6,8-15H2,1-3H3/t17-,18+,19+,20+,21+,22-/m1/s1. The second kappa shape index (κ2) is 5.90. The molecule has 3 saturated carbocycles. The van der Waals surface area contributed by atoms with Gasteiger partial charge in [-0.2, -0.15) is 0 Å². The van der Waals surface area contributed by atoms with Gasteiger partial charge >= 0.3 is 0 Å². The second-order valence-electron chi connectivity index (χ2n) is 9.68. The highest BCUT2D eigenvalue weighted by atomic mass is 14.8. The Balaban J connectivity index is 1.59. The monoisotopic (exact) mass is 315 g/mol. The fraction of sp³-hybridized carbons (Fsp3) is 0.909. The van der Waals surface area contributed by atoms with E-state index in [-0.39, 0.29) is 0 Å². The van der Waals surface area contributed by atoms with Crippen LogP contribution in [0.4, 0.5) is 0 Å². The molecule has 0 aromatic carbocycles. The lowest BCUT2D eigenvalue weighted by Crippen LogP contribution is -2.49. The van der Waals surface area contributed by atoms with E-state index in [1.54, 1.807) is 0 Å². The number of hydrogen-bond donors (Lipinski definition) is 1. The van der Waals surface area contributed by atoms with E-state index in [1.165, 1.54) is 70.8 Å². The van der Waals surface area contributed by atoms with Crippen molar-refractivity contribution in [2.24, 2.45) is 34.5 Å². The molecule has 0 aromatic heterocycles. The Kier molecular flexibility index (Phi) is 4.15. The molecular weight excluding hydrogens is 278 g/mol. The zero-order valence-corrected chi connectivity index (χ0v) is 15.7. The Morgan fingerprint density at radius 1 is 1.09 bits per heavy atom. The molecule has 4 rings (SSSR count). The van der Waals surface area contributed by atoms with Gasteiger partial charge in [0, 0.05) is 0 Å². The zero-order chi connectivity index (χ0) is 16.1. The molecule has 1 nitrogen and oxygen atoms in total. The smallest absolute Gasteiger partial charge is 0.00491 e. The van der Waals surface area contributed by atoms with Crippen LogP contribution in [0.3, 0.4) is 0 Å². The average Bonchev–Trinajstić information content (AvgIpc) is 2.89. The first-order valence-electron chi connectivity index (χ1n) is 10.4. The van der Waals surface area contributed by atoms with Crippen molar-refractivity contribution in [1.82, 2.24) is 5.32 Å². The lowest BCUT2D eigenvalue weighted by atomic mass is 9.47. The Morgan fingerprint density at radius 3 is 2.78 bits per heavy atom. The summed E-state index contributed by atoms with van der Waals surface area (Å²) in [4.78, 5) is 0. The molecule has 0 amide bonds. The molecule has 0 aliphatic heterocycles. The van der Waals surface area contributed by atoms with Crippen LogP contribution in [0.1, 0.15) is 78.1 Å². The van der Waals surface area contributed by atoms with Crippen LogP contribution in [0.15, 0.2) is 11.6 Å². The van der Waals surface area contributed by atoms with Gasteiger partial charge in [0.15, 0.2) is 0 Å². The van der Waals surface area contributed by atoms with Crippen molar-refractivity contribution in [3.05, 3.63) is 11.6 Å². The molecule has 0 radical (unpaired) electrons. The minimum Gasteiger partial charge on any atom is -0.320 e. The van der Waals surface area contributed by atoms with Crippen molar-refractivity contribution in [1.29, 1.82) is 0 Å². The maximum Gasteiger partial charge on any atom is -0.00491 e. The van der Waals surface area contributed by atoms with Crippen molar-refractivity contribution in [3.8, 4) is 0 Å². The molecule has 0 heterocycles. The Bertz CT molecular complexity index is 480. The predicted molar refractivity (Wildman–Crippen MR) is 98.4 cm³/mol.